The van der Waals surface area contributed by atoms with Crippen LogP contribution in [0, 0.1) is 0 Å². The van der Waals surface area contributed by atoms with Crippen molar-refractivity contribution < 1.29 is 19.1 Å². The fourth-order valence-electron chi connectivity index (χ4n) is 2.29. The molecule has 6 nitrogen and oxygen atoms in total. The Morgan fingerprint density at radius 2 is 1.50 bits per heavy atom. The zero-order valence-electron chi connectivity index (χ0n) is 15.3. The van der Waals surface area contributed by atoms with E-state index in [2.05, 4.69) is 10.9 Å². The smallest absolute Gasteiger partial charge is 0.269 e. The third-order valence-corrected chi connectivity index (χ3v) is 3.80. The SMILES string of the molecule is CCCOc1ccc(C(=O)NNC(=O)c2ccc(CC)cc2)cc1OC. The van der Waals surface area contributed by atoms with Gasteiger partial charge in [0.15, 0.2) is 11.5 Å². The summed E-state index contributed by atoms with van der Waals surface area (Å²) in [5.41, 5.74) is 6.79. The summed E-state index contributed by atoms with van der Waals surface area (Å²) >= 11 is 0. The van der Waals surface area contributed by atoms with E-state index in [0.29, 0.717) is 29.2 Å². The topological polar surface area (TPSA) is 76.7 Å². The van der Waals surface area contributed by atoms with Gasteiger partial charge in [-0.25, -0.2) is 0 Å². The molecule has 0 fully saturated rings. The number of hydrogen-bond acceptors (Lipinski definition) is 4. The van der Waals surface area contributed by atoms with Crippen molar-refractivity contribution in [3.63, 3.8) is 0 Å². The lowest BCUT2D eigenvalue weighted by Crippen LogP contribution is -2.41. The minimum Gasteiger partial charge on any atom is -0.493 e. The maximum atomic E-state index is 12.3. The van der Waals surface area contributed by atoms with Crippen molar-refractivity contribution >= 4 is 11.8 Å². The van der Waals surface area contributed by atoms with E-state index in [4.69, 9.17) is 9.47 Å². The van der Waals surface area contributed by atoms with E-state index in [0.717, 1.165) is 18.4 Å². The number of rotatable bonds is 7. The zero-order valence-corrected chi connectivity index (χ0v) is 15.3. The molecular weight excluding hydrogens is 332 g/mol. The number of methoxy groups -OCH3 is 1. The Bertz CT molecular complexity index is 757. The van der Waals surface area contributed by atoms with Crippen LogP contribution in [0.4, 0.5) is 0 Å². The van der Waals surface area contributed by atoms with Crippen LogP contribution in [0.2, 0.25) is 0 Å². The van der Waals surface area contributed by atoms with Gasteiger partial charge in [0, 0.05) is 11.1 Å². The van der Waals surface area contributed by atoms with Gasteiger partial charge in [0.05, 0.1) is 13.7 Å². The molecule has 6 heteroatoms. The van der Waals surface area contributed by atoms with E-state index in [1.807, 2.05) is 26.0 Å². The van der Waals surface area contributed by atoms with E-state index in [1.165, 1.54) is 7.11 Å². The van der Waals surface area contributed by atoms with Crippen molar-refractivity contribution in [3.8, 4) is 11.5 Å². The fourth-order valence-corrected chi connectivity index (χ4v) is 2.29. The molecule has 0 heterocycles. The summed E-state index contributed by atoms with van der Waals surface area (Å²) < 4.78 is 10.8. The van der Waals surface area contributed by atoms with Crippen molar-refractivity contribution in [2.24, 2.45) is 0 Å². The first-order chi connectivity index (χ1) is 12.6. The summed E-state index contributed by atoms with van der Waals surface area (Å²) in [5.74, 6) is 0.221. The first kappa shape index (κ1) is 19.3. The predicted octanol–water partition coefficient (Wildman–Crippen LogP) is 3.12. The van der Waals surface area contributed by atoms with Crippen LogP contribution in [0.5, 0.6) is 11.5 Å². The highest BCUT2D eigenvalue weighted by atomic mass is 16.5. The second kappa shape index (κ2) is 9.46. The number of hydrazine groups is 1. The Morgan fingerprint density at radius 1 is 0.885 bits per heavy atom. The summed E-state index contributed by atoms with van der Waals surface area (Å²) in [7, 11) is 1.51. The molecule has 0 saturated heterocycles. The second-order valence-electron chi connectivity index (χ2n) is 5.67. The van der Waals surface area contributed by atoms with Crippen LogP contribution >= 0.6 is 0 Å². The van der Waals surface area contributed by atoms with Gasteiger partial charge >= 0.3 is 0 Å². The monoisotopic (exact) mass is 356 g/mol. The van der Waals surface area contributed by atoms with Gasteiger partial charge < -0.3 is 9.47 Å². The van der Waals surface area contributed by atoms with Crippen LogP contribution < -0.4 is 20.3 Å². The maximum absolute atomic E-state index is 12.3. The largest absolute Gasteiger partial charge is 0.493 e. The van der Waals surface area contributed by atoms with Gasteiger partial charge in [0.25, 0.3) is 11.8 Å². The molecule has 0 spiro atoms. The number of carbonyl (C=O) groups is 2. The van der Waals surface area contributed by atoms with Gasteiger partial charge in [-0.05, 0) is 48.7 Å². The van der Waals surface area contributed by atoms with E-state index in [-0.39, 0.29) is 5.91 Å². The second-order valence-corrected chi connectivity index (χ2v) is 5.67. The van der Waals surface area contributed by atoms with Crippen molar-refractivity contribution in [2.45, 2.75) is 26.7 Å². The molecule has 2 N–H and O–H groups in total. The number of aryl methyl sites for hydroxylation is 1. The van der Waals surface area contributed by atoms with Crippen LogP contribution in [-0.4, -0.2) is 25.5 Å². The molecule has 0 saturated carbocycles. The average molecular weight is 356 g/mol. The van der Waals surface area contributed by atoms with Gasteiger partial charge in [-0.2, -0.15) is 0 Å². The number of hydrogen-bond donors (Lipinski definition) is 2. The van der Waals surface area contributed by atoms with Crippen molar-refractivity contribution in [2.75, 3.05) is 13.7 Å². The number of nitrogens with one attached hydrogen (secondary N) is 2. The highest BCUT2D eigenvalue weighted by molar-refractivity contribution is 5.99. The molecule has 2 aromatic rings. The lowest BCUT2D eigenvalue weighted by Gasteiger charge is -2.12. The van der Waals surface area contributed by atoms with E-state index in [1.54, 1.807) is 30.3 Å². The molecule has 0 aliphatic rings. The number of amides is 2. The lowest BCUT2D eigenvalue weighted by atomic mass is 10.1. The van der Waals surface area contributed by atoms with Gasteiger partial charge in [-0.15, -0.1) is 0 Å². The Balaban J connectivity index is 1.99. The van der Waals surface area contributed by atoms with Gasteiger partial charge in [0.1, 0.15) is 0 Å². The molecule has 138 valence electrons. The minimum atomic E-state index is -0.441. The van der Waals surface area contributed by atoms with Crippen LogP contribution in [0.3, 0.4) is 0 Å². The fraction of sp³-hybridized carbons (Fsp3) is 0.300. The summed E-state index contributed by atoms with van der Waals surface area (Å²) in [4.78, 5) is 24.4. The number of ether oxygens (including phenoxy) is 2. The molecule has 0 unspecified atom stereocenters. The van der Waals surface area contributed by atoms with Crippen molar-refractivity contribution in [1.29, 1.82) is 0 Å². The maximum Gasteiger partial charge on any atom is 0.269 e. The van der Waals surface area contributed by atoms with E-state index in [9.17, 15) is 9.59 Å². The molecule has 0 aliphatic carbocycles. The predicted molar refractivity (Wildman–Crippen MR) is 99.5 cm³/mol. The molecule has 0 aliphatic heterocycles. The summed E-state index contributed by atoms with van der Waals surface area (Å²) in [6, 6.07) is 12.1. The minimum absolute atomic E-state index is 0.354. The molecule has 0 radical (unpaired) electrons. The highest BCUT2D eigenvalue weighted by Gasteiger charge is 2.12. The summed E-state index contributed by atoms with van der Waals surface area (Å²) in [6.07, 6.45) is 1.77. The first-order valence-corrected chi connectivity index (χ1v) is 8.59. The summed E-state index contributed by atoms with van der Waals surface area (Å²) in [6.45, 7) is 4.61. The molecule has 2 amide bonds. The van der Waals surface area contributed by atoms with Crippen LogP contribution in [0.25, 0.3) is 0 Å². The molecule has 2 aromatic carbocycles. The average Bonchev–Trinajstić information content (AvgIpc) is 2.70. The Labute approximate surface area is 153 Å². The van der Waals surface area contributed by atoms with Crippen molar-refractivity contribution in [3.05, 3.63) is 59.2 Å². The molecule has 0 atom stereocenters. The van der Waals surface area contributed by atoms with E-state index < -0.39 is 5.91 Å². The third kappa shape index (κ3) is 4.99. The van der Waals surface area contributed by atoms with Crippen LogP contribution in [0.1, 0.15) is 46.5 Å². The Kier molecular flexibility index (Phi) is 7.02. The standard InChI is InChI=1S/C20H24N2O4/c1-4-12-26-17-11-10-16(13-18(17)25-3)20(24)22-21-19(23)15-8-6-14(5-2)7-9-15/h6-11,13H,4-5,12H2,1-3H3,(H,21,23)(H,22,24). The molecule has 0 bridgehead atoms. The molecule has 2 rings (SSSR count). The first-order valence-electron chi connectivity index (χ1n) is 8.59. The number of carbonyl (C=O) groups excluding carboxylic acids is 2. The zero-order chi connectivity index (χ0) is 18.9. The highest BCUT2D eigenvalue weighted by Crippen LogP contribution is 2.28. The Hall–Kier alpha value is -3.02. The van der Waals surface area contributed by atoms with Crippen LogP contribution in [-0.2, 0) is 6.42 Å². The summed E-state index contributed by atoms with van der Waals surface area (Å²) in [5, 5.41) is 0. The Morgan fingerprint density at radius 3 is 2.08 bits per heavy atom. The molecular formula is C20H24N2O4. The van der Waals surface area contributed by atoms with Gasteiger partial charge in [-0.1, -0.05) is 26.0 Å². The molecule has 26 heavy (non-hydrogen) atoms. The van der Waals surface area contributed by atoms with Crippen LogP contribution in [0.15, 0.2) is 42.5 Å². The van der Waals surface area contributed by atoms with Gasteiger partial charge in [0.2, 0.25) is 0 Å². The van der Waals surface area contributed by atoms with Gasteiger partial charge in [-0.3, -0.25) is 20.4 Å². The quantitative estimate of drug-likeness (QED) is 0.748. The van der Waals surface area contributed by atoms with Crippen molar-refractivity contribution in [1.82, 2.24) is 10.9 Å². The molecule has 0 aromatic heterocycles. The third-order valence-electron chi connectivity index (χ3n) is 3.80. The number of benzene rings is 2. The lowest BCUT2D eigenvalue weighted by molar-refractivity contribution is 0.0846. The van der Waals surface area contributed by atoms with E-state index >= 15 is 0 Å². The normalized spacial score (nSPS) is 10.1.